The number of piperidine rings is 1. The normalized spacial score (nSPS) is 19.2. The molecule has 4 rings (SSSR count). The van der Waals surface area contributed by atoms with Gasteiger partial charge in [0.1, 0.15) is 5.75 Å². The van der Waals surface area contributed by atoms with Crippen molar-refractivity contribution in [1.82, 2.24) is 4.90 Å². The predicted octanol–water partition coefficient (Wildman–Crippen LogP) is 3.90. The molecule has 0 aromatic heterocycles. The smallest absolute Gasteiger partial charge is 0.337 e. The number of carboxylic acids is 1. The molecule has 0 radical (unpaired) electrons. The number of nitrogens with one attached hydrogen (secondary N) is 1. The Kier molecular flexibility index (Phi) is 7.63. The number of ether oxygens (including phenoxy) is 1. The fourth-order valence-electron chi connectivity index (χ4n) is 4.91. The molecule has 2 saturated heterocycles. The van der Waals surface area contributed by atoms with Crippen molar-refractivity contribution in [2.75, 3.05) is 49.0 Å². The van der Waals surface area contributed by atoms with Gasteiger partial charge in [0.25, 0.3) is 10.0 Å². The number of hydrogen-bond donors (Lipinski definition) is 2. The number of likely N-dealkylation sites (tertiary alicyclic amines) is 1. The van der Waals surface area contributed by atoms with Crippen LogP contribution in [-0.4, -0.2) is 63.7 Å². The summed E-state index contributed by atoms with van der Waals surface area (Å²) in [5.41, 5.74) is 0.969. The molecule has 0 spiro atoms. The molecule has 9 heteroatoms. The van der Waals surface area contributed by atoms with E-state index in [1.54, 1.807) is 24.3 Å². The third kappa shape index (κ3) is 5.82. The lowest BCUT2D eigenvalue weighted by Gasteiger charge is -2.36. The third-order valence-electron chi connectivity index (χ3n) is 6.50. The lowest BCUT2D eigenvalue weighted by atomic mass is 9.96. The van der Waals surface area contributed by atoms with Crippen LogP contribution in [0.5, 0.6) is 5.75 Å². The van der Waals surface area contributed by atoms with E-state index in [-0.39, 0.29) is 16.1 Å². The highest BCUT2D eigenvalue weighted by Gasteiger charge is 2.26. The number of nitrogens with zero attached hydrogens (tertiary/aromatic N) is 2. The van der Waals surface area contributed by atoms with Gasteiger partial charge in [0.2, 0.25) is 0 Å². The number of rotatable bonds is 9. The van der Waals surface area contributed by atoms with E-state index >= 15 is 0 Å². The van der Waals surface area contributed by atoms with Crippen molar-refractivity contribution >= 4 is 27.4 Å². The fourth-order valence-corrected chi connectivity index (χ4v) is 5.96. The van der Waals surface area contributed by atoms with E-state index in [2.05, 4.69) is 14.5 Å². The van der Waals surface area contributed by atoms with E-state index in [0.717, 1.165) is 45.6 Å². The lowest BCUT2D eigenvalue weighted by Crippen LogP contribution is -2.41. The highest BCUT2D eigenvalue weighted by molar-refractivity contribution is 7.92. The van der Waals surface area contributed by atoms with E-state index in [9.17, 15) is 18.3 Å². The van der Waals surface area contributed by atoms with Crippen LogP contribution in [0.15, 0.2) is 47.4 Å². The molecule has 0 saturated carbocycles. The Morgan fingerprint density at radius 1 is 1.09 bits per heavy atom. The van der Waals surface area contributed by atoms with Crippen LogP contribution in [0, 0.1) is 5.92 Å². The van der Waals surface area contributed by atoms with Crippen LogP contribution in [0.1, 0.15) is 43.0 Å². The second-order valence-corrected chi connectivity index (χ2v) is 10.7. The van der Waals surface area contributed by atoms with Crippen LogP contribution in [0.4, 0.5) is 11.4 Å². The minimum absolute atomic E-state index is 0.0812. The van der Waals surface area contributed by atoms with Gasteiger partial charge in [-0.05, 0) is 94.1 Å². The van der Waals surface area contributed by atoms with Gasteiger partial charge in [0, 0.05) is 25.3 Å². The second-order valence-electron chi connectivity index (χ2n) is 9.01. The zero-order valence-electron chi connectivity index (χ0n) is 19.6. The summed E-state index contributed by atoms with van der Waals surface area (Å²) in [4.78, 5) is 16.8. The third-order valence-corrected chi connectivity index (χ3v) is 7.90. The van der Waals surface area contributed by atoms with E-state index in [0.29, 0.717) is 24.0 Å². The summed E-state index contributed by atoms with van der Waals surface area (Å²) < 4.78 is 33.5. The van der Waals surface area contributed by atoms with Gasteiger partial charge in [-0.3, -0.25) is 4.72 Å². The minimum atomic E-state index is -3.87. The van der Waals surface area contributed by atoms with E-state index in [1.165, 1.54) is 31.0 Å². The van der Waals surface area contributed by atoms with E-state index in [1.807, 2.05) is 6.92 Å². The number of benzene rings is 2. The highest BCUT2D eigenvalue weighted by atomic mass is 32.2. The number of aromatic carboxylic acids is 1. The minimum Gasteiger partial charge on any atom is -0.494 e. The molecular weight excluding hydrogens is 454 g/mol. The fraction of sp³-hybridized carbons (Fsp3) is 0.480. The Morgan fingerprint density at radius 3 is 2.50 bits per heavy atom. The van der Waals surface area contributed by atoms with Crippen molar-refractivity contribution in [3.63, 3.8) is 0 Å². The molecule has 2 aromatic carbocycles. The molecule has 2 aliphatic heterocycles. The van der Waals surface area contributed by atoms with Gasteiger partial charge in [-0.25, -0.2) is 13.2 Å². The van der Waals surface area contributed by atoms with E-state index < -0.39 is 16.0 Å². The summed E-state index contributed by atoms with van der Waals surface area (Å²) in [5, 5.41) is 9.89. The molecule has 0 unspecified atom stereocenters. The first-order valence-corrected chi connectivity index (χ1v) is 13.4. The summed E-state index contributed by atoms with van der Waals surface area (Å²) >= 11 is 0. The maximum absolute atomic E-state index is 12.8. The molecule has 1 atom stereocenters. The monoisotopic (exact) mass is 487 g/mol. The zero-order valence-corrected chi connectivity index (χ0v) is 20.4. The van der Waals surface area contributed by atoms with Crippen LogP contribution >= 0.6 is 0 Å². The number of hydrogen-bond acceptors (Lipinski definition) is 6. The van der Waals surface area contributed by atoms with Crippen LogP contribution in [0.25, 0.3) is 0 Å². The molecule has 34 heavy (non-hydrogen) atoms. The maximum atomic E-state index is 12.8. The van der Waals surface area contributed by atoms with E-state index in [4.69, 9.17) is 4.74 Å². The van der Waals surface area contributed by atoms with Gasteiger partial charge in [0.05, 0.1) is 22.8 Å². The predicted molar refractivity (Wildman–Crippen MR) is 132 cm³/mol. The summed E-state index contributed by atoms with van der Waals surface area (Å²) in [5.74, 6) is 0.0219. The maximum Gasteiger partial charge on any atom is 0.337 e. The summed E-state index contributed by atoms with van der Waals surface area (Å²) in [6.45, 7) is 7.32. The topological polar surface area (TPSA) is 99.2 Å². The molecule has 2 aliphatic rings. The number of carboxylic acid groups (broad SMARTS) is 1. The van der Waals surface area contributed by atoms with Crippen molar-refractivity contribution in [2.45, 2.75) is 37.5 Å². The summed E-state index contributed by atoms with van der Waals surface area (Å²) in [7, 11) is -3.87. The van der Waals surface area contributed by atoms with Gasteiger partial charge in [0.15, 0.2) is 0 Å². The van der Waals surface area contributed by atoms with Crippen molar-refractivity contribution in [3.05, 3.63) is 48.0 Å². The first kappa shape index (κ1) is 24.3. The highest BCUT2D eigenvalue weighted by Crippen LogP contribution is 2.30. The molecule has 184 valence electrons. The Balaban J connectivity index is 1.50. The quantitative estimate of drug-likeness (QED) is 0.553. The number of sulfonamides is 1. The SMILES string of the molecule is CCOc1ccc(S(=O)(=O)Nc2ccc(N3CCC[C@H](CN4CCCC4)C3)c(C(=O)O)c2)cc1. The second kappa shape index (κ2) is 10.7. The first-order chi connectivity index (χ1) is 16.4. The summed E-state index contributed by atoms with van der Waals surface area (Å²) in [6.07, 6.45) is 4.68. The van der Waals surface area contributed by atoms with Crippen LogP contribution in [0.2, 0.25) is 0 Å². The standard InChI is InChI=1S/C25H33N3O5S/c1-2-33-21-8-10-22(11-9-21)34(31,32)26-20-7-12-24(23(16-20)25(29)30)28-15-5-6-19(18-28)17-27-13-3-4-14-27/h7-12,16,19,26H,2-6,13-15,17-18H2,1H3,(H,29,30)/t19-/m1/s1. The molecule has 0 aliphatic carbocycles. The van der Waals surface area contributed by atoms with Crippen LogP contribution in [0.3, 0.4) is 0 Å². The van der Waals surface area contributed by atoms with Gasteiger partial charge < -0.3 is 19.6 Å². The average molecular weight is 488 g/mol. The number of carbonyl (C=O) groups is 1. The molecule has 2 aromatic rings. The van der Waals surface area contributed by atoms with Crippen molar-refractivity contribution in [2.24, 2.45) is 5.92 Å². The van der Waals surface area contributed by atoms with Crippen molar-refractivity contribution in [1.29, 1.82) is 0 Å². The summed E-state index contributed by atoms with van der Waals surface area (Å²) in [6, 6.07) is 10.9. The van der Waals surface area contributed by atoms with Gasteiger partial charge in [-0.1, -0.05) is 0 Å². The molecule has 8 nitrogen and oxygen atoms in total. The molecular formula is C25H33N3O5S. The molecule has 0 amide bonds. The first-order valence-electron chi connectivity index (χ1n) is 12.0. The molecule has 2 heterocycles. The van der Waals surface area contributed by atoms with Crippen LogP contribution in [-0.2, 0) is 10.0 Å². The van der Waals surface area contributed by atoms with Gasteiger partial charge in [-0.15, -0.1) is 0 Å². The van der Waals surface area contributed by atoms with Crippen molar-refractivity contribution in [3.8, 4) is 5.75 Å². The average Bonchev–Trinajstić information content (AvgIpc) is 3.32. The Hall–Kier alpha value is -2.78. The Labute approximate surface area is 201 Å². The molecule has 2 N–H and O–H groups in total. The lowest BCUT2D eigenvalue weighted by molar-refractivity contribution is 0.0697. The molecule has 2 fully saturated rings. The Morgan fingerprint density at radius 2 is 1.82 bits per heavy atom. The van der Waals surface area contributed by atoms with Crippen molar-refractivity contribution < 1.29 is 23.1 Å². The van der Waals surface area contributed by atoms with Gasteiger partial charge >= 0.3 is 5.97 Å². The number of anilines is 2. The van der Waals surface area contributed by atoms with Crippen LogP contribution < -0.4 is 14.4 Å². The zero-order chi connectivity index (χ0) is 24.1. The van der Waals surface area contributed by atoms with Gasteiger partial charge in [-0.2, -0.15) is 0 Å². The molecule has 0 bridgehead atoms. The largest absolute Gasteiger partial charge is 0.494 e. The Bertz CT molecular complexity index is 1100.